The number of aliphatic hydroxyl groups excluding tert-OH is 1. The standard InChI is InChI=1S/C33H51N3O5/c1-5-6-18-36-30(39)28(29(38)26-10-8-7-9-11-26)34-31(40)33(36)16-19-35(20-17-33)22-25-12-14-32(3,15-13-25)24(2)21-27(37)23-41-4/h12-14,26,28-29,38H,2,5-11,15-23H2,1,3-4H3,(H,34,40)/t28-,29-,32?/m1/s1. The zero-order valence-corrected chi connectivity index (χ0v) is 25.5. The number of rotatable bonds is 12. The topological polar surface area (TPSA) is 99.2 Å². The summed E-state index contributed by atoms with van der Waals surface area (Å²) in [6.45, 7) is 11.3. The van der Waals surface area contributed by atoms with Crippen LogP contribution in [0, 0.1) is 11.3 Å². The molecule has 2 aliphatic heterocycles. The van der Waals surface area contributed by atoms with E-state index in [1.54, 1.807) is 0 Å². The largest absolute Gasteiger partial charge is 0.390 e. The number of allylic oxidation sites excluding steroid dienone is 3. The van der Waals surface area contributed by atoms with E-state index in [1.807, 2.05) is 4.90 Å². The first-order valence-electron chi connectivity index (χ1n) is 15.7. The van der Waals surface area contributed by atoms with Crippen molar-refractivity contribution in [2.45, 2.75) is 102 Å². The summed E-state index contributed by atoms with van der Waals surface area (Å²) in [5.74, 6) is -0.0893. The van der Waals surface area contributed by atoms with Crippen molar-refractivity contribution in [3.63, 3.8) is 0 Å². The number of ether oxygens (including phenoxy) is 1. The number of piperidine rings is 1. The predicted molar refractivity (Wildman–Crippen MR) is 160 cm³/mol. The molecule has 0 aromatic carbocycles. The molecule has 1 unspecified atom stereocenters. The van der Waals surface area contributed by atoms with Crippen molar-refractivity contribution in [3.05, 3.63) is 36.0 Å². The Morgan fingerprint density at radius 1 is 1.22 bits per heavy atom. The van der Waals surface area contributed by atoms with Crippen molar-refractivity contribution in [1.29, 1.82) is 0 Å². The maximum absolute atomic E-state index is 13.8. The second-order valence-electron chi connectivity index (χ2n) is 13.0. The predicted octanol–water partition coefficient (Wildman–Crippen LogP) is 3.94. The van der Waals surface area contributed by atoms with Crippen molar-refractivity contribution >= 4 is 17.6 Å². The Morgan fingerprint density at radius 3 is 2.54 bits per heavy atom. The van der Waals surface area contributed by atoms with E-state index < -0.39 is 17.7 Å². The molecule has 0 aromatic heterocycles. The number of carbonyl (C=O) groups is 3. The minimum atomic E-state index is -0.840. The van der Waals surface area contributed by atoms with Gasteiger partial charge in [-0.1, -0.05) is 69.9 Å². The van der Waals surface area contributed by atoms with Gasteiger partial charge in [0, 0.05) is 45.1 Å². The van der Waals surface area contributed by atoms with E-state index in [0.29, 0.717) is 25.8 Å². The van der Waals surface area contributed by atoms with Crippen molar-refractivity contribution < 1.29 is 24.2 Å². The quantitative estimate of drug-likeness (QED) is 0.346. The fourth-order valence-electron chi connectivity index (χ4n) is 7.10. The Morgan fingerprint density at radius 2 is 1.93 bits per heavy atom. The van der Waals surface area contributed by atoms with Gasteiger partial charge in [-0.2, -0.15) is 0 Å². The van der Waals surface area contributed by atoms with E-state index in [9.17, 15) is 19.5 Å². The van der Waals surface area contributed by atoms with Crippen LogP contribution in [0.1, 0.15) is 84.5 Å². The molecule has 2 heterocycles. The molecule has 2 saturated heterocycles. The van der Waals surface area contributed by atoms with Gasteiger partial charge < -0.3 is 20.1 Å². The number of piperazine rings is 1. The number of nitrogens with one attached hydrogen (secondary N) is 1. The normalized spacial score (nSPS) is 28.0. The molecule has 41 heavy (non-hydrogen) atoms. The van der Waals surface area contributed by atoms with E-state index >= 15 is 0 Å². The second-order valence-corrected chi connectivity index (χ2v) is 13.0. The minimum Gasteiger partial charge on any atom is -0.390 e. The number of likely N-dealkylation sites (tertiary alicyclic amines) is 1. The summed E-state index contributed by atoms with van der Waals surface area (Å²) in [5, 5.41) is 14.2. The number of Topliss-reactive ketones (excluding diaryl/α,β-unsaturated/α-hetero) is 1. The zero-order chi connectivity index (χ0) is 29.6. The van der Waals surface area contributed by atoms with Gasteiger partial charge in [-0.3, -0.25) is 19.3 Å². The van der Waals surface area contributed by atoms with Gasteiger partial charge in [-0.05, 0) is 50.0 Å². The molecule has 8 nitrogen and oxygen atoms in total. The highest BCUT2D eigenvalue weighted by molar-refractivity contribution is 6.00. The lowest BCUT2D eigenvalue weighted by Crippen LogP contribution is -2.75. The first-order chi connectivity index (χ1) is 19.6. The van der Waals surface area contributed by atoms with E-state index in [2.05, 4.69) is 48.9 Å². The van der Waals surface area contributed by atoms with E-state index in [0.717, 1.165) is 70.2 Å². The van der Waals surface area contributed by atoms with Crippen LogP contribution in [-0.2, 0) is 19.1 Å². The molecule has 4 rings (SSSR count). The van der Waals surface area contributed by atoms with Crippen LogP contribution in [0.4, 0.5) is 0 Å². The molecule has 8 heteroatoms. The lowest BCUT2D eigenvalue weighted by atomic mass is 9.74. The lowest BCUT2D eigenvalue weighted by Gasteiger charge is -2.52. The number of ketones is 1. The third-order valence-electron chi connectivity index (χ3n) is 10.0. The molecule has 1 spiro atoms. The maximum atomic E-state index is 13.8. The van der Waals surface area contributed by atoms with Gasteiger partial charge in [0.15, 0.2) is 5.78 Å². The van der Waals surface area contributed by atoms with Gasteiger partial charge in [-0.25, -0.2) is 0 Å². The molecule has 4 aliphatic rings. The number of nitrogens with zero attached hydrogens (tertiary/aromatic N) is 2. The fourth-order valence-corrected chi connectivity index (χ4v) is 7.10. The van der Waals surface area contributed by atoms with Gasteiger partial charge >= 0.3 is 0 Å². The molecule has 0 bridgehead atoms. The molecule has 2 N–H and O–H groups in total. The van der Waals surface area contributed by atoms with Crippen LogP contribution in [0.5, 0.6) is 0 Å². The fraction of sp³-hybridized carbons (Fsp3) is 0.727. The summed E-state index contributed by atoms with van der Waals surface area (Å²) in [4.78, 5) is 43.8. The third-order valence-corrected chi connectivity index (χ3v) is 10.0. The number of hydrogen-bond donors (Lipinski definition) is 2. The first-order valence-corrected chi connectivity index (χ1v) is 15.7. The molecule has 228 valence electrons. The van der Waals surface area contributed by atoms with E-state index in [4.69, 9.17) is 4.74 Å². The number of methoxy groups -OCH3 is 1. The minimum absolute atomic E-state index is 0.0391. The molecule has 2 aliphatic carbocycles. The summed E-state index contributed by atoms with van der Waals surface area (Å²) < 4.78 is 4.96. The summed E-state index contributed by atoms with van der Waals surface area (Å²) in [7, 11) is 1.53. The maximum Gasteiger partial charge on any atom is 0.248 e. The van der Waals surface area contributed by atoms with Gasteiger partial charge in [0.2, 0.25) is 11.8 Å². The van der Waals surface area contributed by atoms with Gasteiger partial charge in [0.1, 0.15) is 18.2 Å². The summed E-state index contributed by atoms with van der Waals surface area (Å²) in [6.07, 6.45) is 14.9. The molecule has 3 fully saturated rings. The Bertz CT molecular complexity index is 1040. The number of aliphatic hydroxyl groups is 1. The molecule has 3 atom stereocenters. The van der Waals surface area contributed by atoms with Crippen LogP contribution in [-0.4, -0.2) is 90.1 Å². The summed E-state index contributed by atoms with van der Waals surface area (Å²) in [5.41, 5.74) is 1.03. The summed E-state index contributed by atoms with van der Waals surface area (Å²) in [6, 6.07) is -0.836. The molecule has 0 radical (unpaired) electrons. The van der Waals surface area contributed by atoms with Crippen LogP contribution in [0.15, 0.2) is 36.0 Å². The summed E-state index contributed by atoms with van der Waals surface area (Å²) >= 11 is 0. The lowest BCUT2D eigenvalue weighted by molar-refractivity contribution is -0.165. The van der Waals surface area contributed by atoms with Crippen molar-refractivity contribution in [2.24, 2.45) is 11.3 Å². The molecular formula is C33H51N3O5. The molecule has 1 saturated carbocycles. The van der Waals surface area contributed by atoms with E-state index in [-0.39, 0.29) is 35.5 Å². The van der Waals surface area contributed by atoms with Crippen molar-refractivity contribution in [1.82, 2.24) is 15.1 Å². The third kappa shape index (κ3) is 7.03. The van der Waals surface area contributed by atoms with Crippen molar-refractivity contribution in [2.75, 3.05) is 39.9 Å². The molecule has 2 amide bonds. The number of hydrogen-bond acceptors (Lipinski definition) is 6. The number of unbranched alkanes of at least 4 members (excludes halogenated alkanes) is 1. The Labute approximate surface area is 246 Å². The van der Waals surface area contributed by atoms with Gasteiger partial charge in [0.05, 0.1) is 6.10 Å². The van der Waals surface area contributed by atoms with Crippen molar-refractivity contribution in [3.8, 4) is 0 Å². The highest BCUT2D eigenvalue weighted by atomic mass is 16.5. The van der Waals surface area contributed by atoms with Crippen LogP contribution < -0.4 is 5.32 Å². The average molecular weight is 570 g/mol. The molecule has 0 aromatic rings. The first kappa shape index (κ1) is 31.6. The van der Waals surface area contributed by atoms with Crippen LogP contribution in [0.3, 0.4) is 0 Å². The zero-order valence-electron chi connectivity index (χ0n) is 25.5. The van der Waals surface area contributed by atoms with E-state index in [1.165, 1.54) is 19.1 Å². The van der Waals surface area contributed by atoms with Crippen LogP contribution in [0.25, 0.3) is 0 Å². The number of carbonyl (C=O) groups excluding carboxylic acids is 3. The van der Waals surface area contributed by atoms with Gasteiger partial charge in [0.25, 0.3) is 0 Å². The van der Waals surface area contributed by atoms with Crippen LogP contribution >= 0.6 is 0 Å². The monoisotopic (exact) mass is 569 g/mol. The highest BCUT2D eigenvalue weighted by Gasteiger charge is 2.55. The Kier molecular flexibility index (Phi) is 10.6. The Hall–Kier alpha value is -2.29. The Balaban J connectivity index is 1.37. The van der Waals surface area contributed by atoms with Gasteiger partial charge in [-0.15, -0.1) is 0 Å². The number of amides is 2. The SMILES string of the molecule is C=C(CC(=O)COC)C1(C)C=CC(CN2CCC3(CC2)C(=O)N[C@H]([C@H](O)C2CCCCC2)C(=O)N3CCCC)=CC1. The highest BCUT2D eigenvalue weighted by Crippen LogP contribution is 2.39. The molecular weight excluding hydrogens is 518 g/mol. The smallest absolute Gasteiger partial charge is 0.248 e. The van der Waals surface area contributed by atoms with Crippen LogP contribution in [0.2, 0.25) is 0 Å². The average Bonchev–Trinajstić information content (AvgIpc) is 2.97. The second kappa shape index (κ2) is 13.8.